The molecular formula is C20H15F3N6. The van der Waals surface area contributed by atoms with Gasteiger partial charge in [0.2, 0.25) is 5.95 Å². The summed E-state index contributed by atoms with van der Waals surface area (Å²) in [7, 11) is 0. The van der Waals surface area contributed by atoms with Crippen molar-refractivity contribution in [3.63, 3.8) is 0 Å². The summed E-state index contributed by atoms with van der Waals surface area (Å²) in [6.45, 7) is 0.181. The van der Waals surface area contributed by atoms with E-state index in [1.807, 2.05) is 6.07 Å². The van der Waals surface area contributed by atoms with Gasteiger partial charge in [0.25, 0.3) is 0 Å². The second-order valence-corrected chi connectivity index (χ2v) is 6.95. The van der Waals surface area contributed by atoms with Gasteiger partial charge in [-0.3, -0.25) is 4.98 Å². The zero-order valence-corrected chi connectivity index (χ0v) is 15.1. The van der Waals surface area contributed by atoms with Crippen LogP contribution >= 0.6 is 0 Å². The van der Waals surface area contributed by atoms with E-state index < -0.39 is 23.2 Å². The van der Waals surface area contributed by atoms with Gasteiger partial charge in [0, 0.05) is 23.7 Å². The number of hydrogen-bond donors (Lipinski definition) is 1. The number of nitrogens with zero attached hydrogens (tertiary/aromatic N) is 5. The van der Waals surface area contributed by atoms with Gasteiger partial charge in [-0.2, -0.15) is 5.26 Å². The minimum atomic E-state index is -1.02. The molecule has 9 heteroatoms. The van der Waals surface area contributed by atoms with Crippen LogP contribution in [0.2, 0.25) is 0 Å². The van der Waals surface area contributed by atoms with Crippen LogP contribution in [0.1, 0.15) is 24.1 Å². The molecule has 0 bridgehead atoms. The fraction of sp³-hybridized carbons (Fsp3) is 0.250. The molecule has 1 fully saturated rings. The van der Waals surface area contributed by atoms with Crippen LogP contribution in [0.15, 0.2) is 42.7 Å². The summed E-state index contributed by atoms with van der Waals surface area (Å²) in [6.07, 6.45) is 2.07. The van der Waals surface area contributed by atoms with E-state index in [1.54, 1.807) is 0 Å². The minimum absolute atomic E-state index is 0.113. The van der Waals surface area contributed by atoms with E-state index in [0.29, 0.717) is 0 Å². The Bertz CT molecular complexity index is 1070. The van der Waals surface area contributed by atoms with Gasteiger partial charge < -0.3 is 5.32 Å². The molecule has 2 heterocycles. The summed E-state index contributed by atoms with van der Waals surface area (Å²) in [6, 6.07) is 8.62. The maximum absolute atomic E-state index is 14.2. The van der Waals surface area contributed by atoms with Crippen molar-refractivity contribution in [1.82, 2.24) is 20.2 Å². The van der Waals surface area contributed by atoms with Gasteiger partial charge in [-0.05, 0) is 43.2 Å². The predicted octanol–water partition coefficient (Wildman–Crippen LogP) is 3.57. The molecule has 3 aromatic rings. The van der Waals surface area contributed by atoms with Gasteiger partial charge in [0.1, 0.15) is 23.5 Å². The lowest BCUT2D eigenvalue weighted by Gasteiger charge is -2.43. The molecule has 1 saturated carbocycles. The lowest BCUT2D eigenvalue weighted by Crippen LogP contribution is -2.49. The van der Waals surface area contributed by atoms with Crippen LogP contribution in [0.3, 0.4) is 0 Å². The summed E-state index contributed by atoms with van der Waals surface area (Å²) in [5.41, 5.74) is -0.0121. The highest BCUT2D eigenvalue weighted by Gasteiger charge is 2.48. The molecule has 1 aromatic carbocycles. The highest BCUT2D eigenvalue weighted by Crippen LogP contribution is 2.45. The van der Waals surface area contributed by atoms with Gasteiger partial charge in [0.05, 0.1) is 23.5 Å². The monoisotopic (exact) mass is 396 g/mol. The largest absolute Gasteiger partial charge is 0.352 e. The number of halogens is 3. The third kappa shape index (κ3) is 3.61. The van der Waals surface area contributed by atoms with E-state index in [-0.39, 0.29) is 47.8 Å². The quantitative estimate of drug-likeness (QED) is 0.710. The molecular weight excluding hydrogens is 381 g/mol. The second-order valence-electron chi connectivity index (χ2n) is 6.95. The number of hydrogen-bond acceptors (Lipinski definition) is 6. The summed E-state index contributed by atoms with van der Waals surface area (Å²) in [5, 5.41) is 19.8. The van der Waals surface area contributed by atoms with Crippen LogP contribution < -0.4 is 5.32 Å². The summed E-state index contributed by atoms with van der Waals surface area (Å²) >= 11 is 0. The molecule has 0 saturated heterocycles. The number of anilines is 1. The number of rotatable bonds is 5. The number of nitriles is 1. The molecule has 29 heavy (non-hydrogen) atoms. The van der Waals surface area contributed by atoms with E-state index >= 15 is 0 Å². The molecule has 6 nitrogen and oxygen atoms in total. The number of alkyl halides is 1. The van der Waals surface area contributed by atoms with Crippen molar-refractivity contribution in [3.8, 4) is 17.3 Å². The molecule has 0 radical (unpaired) electrons. The second kappa shape index (κ2) is 7.47. The van der Waals surface area contributed by atoms with Crippen molar-refractivity contribution in [2.75, 3.05) is 11.9 Å². The third-order valence-corrected chi connectivity index (χ3v) is 5.00. The van der Waals surface area contributed by atoms with Gasteiger partial charge in [0.15, 0.2) is 0 Å². The SMILES string of the molecule is N#Cc1ccc(F)c(-c2cnc(NC[C@]3(c4ncccc4F)C[C@H](F)C3)nn2)c1. The standard InChI is InChI=1S/C20H15F3N6/c21-13-7-20(8-13,18-16(23)2-1-5-25-18)11-27-19-26-10-17(28-29-19)14-6-12(9-24)3-4-15(14)22/h1-6,10,13H,7-8,11H2,(H,26,27,29)/t13-,20-. The van der Waals surface area contributed by atoms with Crippen LogP contribution in [0.25, 0.3) is 11.3 Å². The van der Waals surface area contributed by atoms with Crippen LogP contribution in [0.5, 0.6) is 0 Å². The average molecular weight is 396 g/mol. The van der Waals surface area contributed by atoms with Gasteiger partial charge in [-0.1, -0.05) is 0 Å². The van der Waals surface area contributed by atoms with Crippen molar-refractivity contribution in [2.24, 2.45) is 0 Å². The molecule has 0 aliphatic heterocycles. The predicted molar refractivity (Wildman–Crippen MR) is 98.4 cm³/mol. The summed E-state index contributed by atoms with van der Waals surface area (Å²) in [5.74, 6) is -0.888. The molecule has 0 spiro atoms. The molecule has 2 aromatic heterocycles. The maximum atomic E-state index is 14.2. The van der Waals surface area contributed by atoms with Crippen molar-refractivity contribution < 1.29 is 13.2 Å². The first-order valence-electron chi connectivity index (χ1n) is 8.89. The molecule has 1 aliphatic carbocycles. The lowest BCUT2D eigenvalue weighted by atomic mass is 9.65. The molecule has 0 atom stereocenters. The molecule has 4 rings (SSSR count). The maximum Gasteiger partial charge on any atom is 0.242 e. The number of benzene rings is 1. The Labute approximate surface area is 164 Å². The first-order valence-corrected chi connectivity index (χ1v) is 8.89. The van der Waals surface area contributed by atoms with E-state index in [2.05, 4.69) is 25.5 Å². The highest BCUT2D eigenvalue weighted by molar-refractivity contribution is 5.61. The van der Waals surface area contributed by atoms with Crippen molar-refractivity contribution in [3.05, 3.63) is 65.6 Å². The smallest absolute Gasteiger partial charge is 0.242 e. The first-order chi connectivity index (χ1) is 14.0. The topological polar surface area (TPSA) is 87.4 Å². The summed E-state index contributed by atoms with van der Waals surface area (Å²) in [4.78, 5) is 8.20. The Morgan fingerprint density at radius 2 is 1.97 bits per heavy atom. The average Bonchev–Trinajstić information content (AvgIpc) is 2.72. The molecule has 146 valence electrons. The normalized spacial score (nSPS) is 20.6. The summed E-state index contributed by atoms with van der Waals surface area (Å²) < 4.78 is 41.8. The Morgan fingerprint density at radius 1 is 1.14 bits per heavy atom. The fourth-order valence-corrected chi connectivity index (χ4v) is 3.50. The van der Waals surface area contributed by atoms with E-state index in [1.165, 1.54) is 42.7 Å². The zero-order chi connectivity index (χ0) is 20.4. The van der Waals surface area contributed by atoms with Crippen LogP contribution in [-0.4, -0.2) is 32.9 Å². The molecule has 0 unspecified atom stereocenters. The van der Waals surface area contributed by atoms with Crippen molar-refractivity contribution in [1.29, 1.82) is 5.26 Å². The Hall–Kier alpha value is -3.54. The van der Waals surface area contributed by atoms with Gasteiger partial charge in [-0.25, -0.2) is 18.2 Å². The molecule has 1 N–H and O–H groups in total. The van der Waals surface area contributed by atoms with Crippen LogP contribution in [0.4, 0.5) is 19.1 Å². The number of pyridine rings is 1. The van der Waals surface area contributed by atoms with Crippen LogP contribution in [0, 0.1) is 23.0 Å². The van der Waals surface area contributed by atoms with E-state index in [0.717, 1.165) is 0 Å². The van der Waals surface area contributed by atoms with Crippen molar-refractivity contribution in [2.45, 2.75) is 24.4 Å². The molecule has 1 aliphatic rings. The van der Waals surface area contributed by atoms with E-state index in [9.17, 15) is 13.2 Å². The van der Waals surface area contributed by atoms with Crippen molar-refractivity contribution >= 4 is 5.95 Å². The Morgan fingerprint density at radius 3 is 2.62 bits per heavy atom. The van der Waals surface area contributed by atoms with Crippen LogP contribution in [-0.2, 0) is 5.41 Å². The number of aromatic nitrogens is 4. The number of nitrogens with one attached hydrogen (secondary N) is 1. The Kier molecular flexibility index (Phi) is 4.84. The fourth-order valence-electron chi connectivity index (χ4n) is 3.50. The van der Waals surface area contributed by atoms with Gasteiger partial charge in [-0.15, -0.1) is 10.2 Å². The van der Waals surface area contributed by atoms with E-state index in [4.69, 9.17) is 5.26 Å². The zero-order valence-electron chi connectivity index (χ0n) is 15.1. The minimum Gasteiger partial charge on any atom is -0.352 e. The lowest BCUT2D eigenvalue weighted by molar-refractivity contribution is 0.0963. The Balaban J connectivity index is 1.52. The molecule has 0 amide bonds. The third-order valence-electron chi connectivity index (χ3n) is 5.00. The highest BCUT2D eigenvalue weighted by atomic mass is 19.1. The van der Waals surface area contributed by atoms with Gasteiger partial charge >= 0.3 is 0 Å². The first kappa shape index (κ1) is 18.8.